The van der Waals surface area contributed by atoms with Crippen molar-refractivity contribution in [3.8, 4) is 11.1 Å². The van der Waals surface area contributed by atoms with Crippen LogP contribution in [0.1, 0.15) is 24.0 Å². The van der Waals surface area contributed by atoms with Crippen LogP contribution in [0.25, 0.3) is 11.1 Å². The molecule has 33 heavy (non-hydrogen) atoms. The lowest BCUT2D eigenvalue weighted by atomic mass is 9.98. The van der Waals surface area contributed by atoms with Crippen LogP contribution in [-0.2, 0) is 23.8 Å². The van der Waals surface area contributed by atoms with E-state index in [2.05, 4.69) is 10.6 Å². The van der Waals surface area contributed by atoms with Crippen LogP contribution in [0, 0.1) is 0 Å². The molecule has 9 nitrogen and oxygen atoms in total. The van der Waals surface area contributed by atoms with Crippen molar-refractivity contribution in [1.29, 1.82) is 0 Å². The van der Waals surface area contributed by atoms with Crippen LogP contribution in [0.5, 0.6) is 0 Å². The van der Waals surface area contributed by atoms with Crippen LogP contribution < -0.4 is 10.6 Å². The molecule has 3 unspecified atom stereocenters. The summed E-state index contributed by atoms with van der Waals surface area (Å²) in [5, 5.41) is 14.1. The molecule has 0 saturated carbocycles. The minimum atomic E-state index is -1.27. The number of rotatable bonds is 10. The summed E-state index contributed by atoms with van der Waals surface area (Å²) in [6, 6.07) is 13.5. The number of ether oxygens (including phenoxy) is 3. The van der Waals surface area contributed by atoms with Gasteiger partial charge in [-0.1, -0.05) is 48.5 Å². The lowest BCUT2D eigenvalue weighted by molar-refractivity contribution is -0.144. The molecule has 2 aromatic rings. The zero-order valence-corrected chi connectivity index (χ0v) is 18.7. The number of fused-ring (bicyclic) bond motifs is 3. The molecule has 0 heterocycles. The van der Waals surface area contributed by atoms with Gasteiger partial charge in [0.2, 0.25) is 5.91 Å². The maximum absolute atomic E-state index is 12.7. The smallest absolute Gasteiger partial charge is 0.407 e. The number of methoxy groups -OCH3 is 2. The van der Waals surface area contributed by atoms with Crippen molar-refractivity contribution in [3.63, 3.8) is 0 Å². The molecule has 0 fully saturated rings. The maximum atomic E-state index is 12.7. The lowest BCUT2D eigenvalue weighted by Gasteiger charge is -2.25. The number of hydrogen-bond acceptors (Lipinski definition) is 6. The third kappa shape index (κ3) is 5.50. The fourth-order valence-corrected chi connectivity index (χ4v) is 3.90. The second kappa shape index (κ2) is 10.9. The third-order valence-electron chi connectivity index (χ3n) is 5.69. The van der Waals surface area contributed by atoms with Crippen molar-refractivity contribution in [2.24, 2.45) is 0 Å². The van der Waals surface area contributed by atoms with Crippen molar-refractivity contribution in [2.75, 3.05) is 27.4 Å². The standard InChI is InChI=1S/C24H28N2O7/c1-14(32-3)21(22(27)25-20(13-31-2)23(28)29)26-24(30)33-12-19-17-10-6-4-8-15(17)16-9-5-7-11-18(16)19/h4-11,14,19-21H,12-13H2,1-3H3,(H,25,27)(H,26,30)(H,28,29). The number of alkyl carbamates (subject to hydrolysis) is 1. The van der Waals surface area contributed by atoms with Gasteiger partial charge < -0.3 is 30.0 Å². The summed E-state index contributed by atoms with van der Waals surface area (Å²) in [5.41, 5.74) is 4.33. The van der Waals surface area contributed by atoms with Gasteiger partial charge in [0.05, 0.1) is 12.7 Å². The number of carbonyl (C=O) groups is 3. The Balaban J connectivity index is 1.68. The predicted octanol–water partition coefficient (Wildman–Crippen LogP) is 2.14. The molecule has 2 aromatic carbocycles. The molecule has 0 saturated heterocycles. The molecule has 0 aromatic heterocycles. The number of hydrogen-bond donors (Lipinski definition) is 3. The molecule has 0 spiro atoms. The summed E-state index contributed by atoms with van der Waals surface area (Å²) in [6.07, 6.45) is -1.54. The highest BCUT2D eigenvalue weighted by atomic mass is 16.5. The SMILES string of the molecule is COCC(NC(=O)C(NC(=O)OCC1c2ccccc2-c2ccccc21)C(C)OC)C(=O)O. The van der Waals surface area contributed by atoms with Gasteiger partial charge in [-0.05, 0) is 29.2 Å². The van der Waals surface area contributed by atoms with Crippen LogP contribution >= 0.6 is 0 Å². The number of nitrogens with one attached hydrogen (secondary N) is 2. The molecule has 3 N–H and O–H groups in total. The molecular formula is C24H28N2O7. The van der Waals surface area contributed by atoms with Crippen LogP contribution in [0.3, 0.4) is 0 Å². The van der Waals surface area contributed by atoms with Gasteiger partial charge in [0.15, 0.2) is 6.04 Å². The Morgan fingerprint density at radius 1 is 0.970 bits per heavy atom. The Morgan fingerprint density at radius 2 is 1.55 bits per heavy atom. The average molecular weight is 456 g/mol. The van der Waals surface area contributed by atoms with E-state index in [0.29, 0.717) is 0 Å². The van der Waals surface area contributed by atoms with Crippen LogP contribution in [0.2, 0.25) is 0 Å². The Bertz CT molecular complexity index is 964. The van der Waals surface area contributed by atoms with Gasteiger partial charge in [-0.15, -0.1) is 0 Å². The first-order chi connectivity index (χ1) is 15.9. The largest absolute Gasteiger partial charge is 0.480 e. The van der Waals surface area contributed by atoms with Crippen molar-refractivity contribution in [1.82, 2.24) is 10.6 Å². The van der Waals surface area contributed by atoms with E-state index in [9.17, 15) is 19.5 Å². The molecule has 9 heteroatoms. The van der Waals surface area contributed by atoms with Crippen LogP contribution in [0.4, 0.5) is 4.79 Å². The summed E-state index contributed by atoms with van der Waals surface area (Å²) in [6.45, 7) is 1.44. The normalized spacial score (nSPS) is 15.0. The van der Waals surface area contributed by atoms with Gasteiger partial charge in [-0.2, -0.15) is 0 Å². The minimum Gasteiger partial charge on any atom is -0.480 e. The first-order valence-electron chi connectivity index (χ1n) is 10.5. The molecule has 1 aliphatic carbocycles. The number of carbonyl (C=O) groups excluding carboxylic acids is 2. The first-order valence-corrected chi connectivity index (χ1v) is 10.5. The van der Waals surface area contributed by atoms with E-state index in [1.54, 1.807) is 6.92 Å². The molecule has 0 bridgehead atoms. The van der Waals surface area contributed by atoms with E-state index in [1.165, 1.54) is 14.2 Å². The Labute approximate surface area is 192 Å². The van der Waals surface area contributed by atoms with Gasteiger partial charge in [0.25, 0.3) is 0 Å². The number of carboxylic acid groups (broad SMARTS) is 1. The van der Waals surface area contributed by atoms with Crippen LogP contribution in [-0.4, -0.2) is 68.7 Å². The van der Waals surface area contributed by atoms with Gasteiger partial charge in [0, 0.05) is 20.1 Å². The van der Waals surface area contributed by atoms with E-state index in [1.807, 2.05) is 48.5 Å². The highest BCUT2D eigenvalue weighted by molar-refractivity contribution is 5.89. The molecular weight excluding hydrogens is 428 g/mol. The summed E-state index contributed by atoms with van der Waals surface area (Å²) in [7, 11) is 2.71. The Kier molecular flexibility index (Phi) is 8.02. The molecule has 3 rings (SSSR count). The number of aliphatic carboxylic acids is 1. The number of benzene rings is 2. The van der Waals surface area contributed by atoms with Crippen LogP contribution in [0.15, 0.2) is 48.5 Å². The molecule has 1 aliphatic rings. The summed E-state index contributed by atoms with van der Waals surface area (Å²) < 4.78 is 15.5. The van der Waals surface area contributed by atoms with E-state index in [-0.39, 0.29) is 19.1 Å². The second-order valence-electron chi connectivity index (χ2n) is 7.74. The fraction of sp³-hybridized carbons (Fsp3) is 0.375. The molecule has 0 radical (unpaired) electrons. The predicted molar refractivity (Wildman–Crippen MR) is 120 cm³/mol. The molecule has 2 amide bonds. The van der Waals surface area contributed by atoms with E-state index in [0.717, 1.165) is 22.3 Å². The zero-order valence-electron chi connectivity index (χ0n) is 18.7. The van der Waals surface area contributed by atoms with Crippen molar-refractivity contribution in [2.45, 2.75) is 31.0 Å². The molecule has 0 aliphatic heterocycles. The van der Waals surface area contributed by atoms with E-state index in [4.69, 9.17) is 14.2 Å². The summed E-state index contributed by atoms with van der Waals surface area (Å²) in [4.78, 5) is 36.6. The van der Waals surface area contributed by atoms with Gasteiger partial charge in [-0.25, -0.2) is 9.59 Å². The number of carboxylic acids is 1. The average Bonchev–Trinajstić information content (AvgIpc) is 3.14. The highest BCUT2D eigenvalue weighted by Gasteiger charge is 2.33. The van der Waals surface area contributed by atoms with Crippen molar-refractivity contribution < 1.29 is 33.7 Å². The van der Waals surface area contributed by atoms with Gasteiger partial charge in [0.1, 0.15) is 12.6 Å². The first kappa shape index (κ1) is 24.2. The monoisotopic (exact) mass is 456 g/mol. The highest BCUT2D eigenvalue weighted by Crippen LogP contribution is 2.44. The Morgan fingerprint density at radius 3 is 2.06 bits per heavy atom. The van der Waals surface area contributed by atoms with Crippen molar-refractivity contribution >= 4 is 18.0 Å². The topological polar surface area (TPSA) is 123 Å². The molecule has 3 atom stereocenters. The second-order valence-corrected chi connectivity index (χ2v) is 7.74. The van der Waals surface area contributed by atoms with E-state index >= 15 is 0 Å². The van der Waals surface area contributed by atoms with E-state index < -0.39 is 36.2 Å². The lowest BCUT2D eigenvalue weighted by Crippen LogP contribution is -2.57. The van der Waals surface area contributed by atoms with Gasteiger partial charge in [-0.3, -0.25) is 4.79 Å². The van der Waals surface area contributed by atoms with Gasteiger partial charge >= 0.3 is 12.1 Å². The molecule has 176 valence electrons. The maximum Gasteiger partial charge on any atom is 0.407 e. The number of amides is 2. The summed E-state index contributed by atoms with van der Waals surface area (Å²) >= 11 is 0. The Hall–Kier alpha value is -3.43. The minimum absolute atomic E-state index is 0.0803. The third-order valence-corrected chi connectivity index (χ3v) is 5.69. The summed E-state index contributed by atoms with van der Waals surface area (Å²) in [5.74, 6) is -2.11. The van der Waals surface area contributed by atoms with Crippen molar-refractivity contribution in [3.05, 3.63) is 59.7 Å². The quantitative estimate of drug-likeness (QED) is 0.501. The fourth-order valence-electron chi connectivity index (χ4n) is 3.90. The zero-order chi connectivity index (χ0) is 24.0.